The van der Waals surface area contributed by atoms with Crippen molar-refractivity contribution in [2.75, 3.05) is 39.2 Å². The maximum atomic E-state index is 14.1. The molecule has 2 aromatic carbocycles. The average molecular weight is 579 g/mol. The quantitative estimate of drug-likeness (QED) is 0.319. The molecular formula is C30H35ClN6O4. The summed E-state index contributed by atoms with van der Waals surface area (Å²) in [6.07, 6.45) is 3.12. The number of aromatic nitrogens is 3. The van der Waals surface area contributed by atoms with Gasteiger partial charge >= 0.3 is 0 Å². The summed E-state index contributed by atoms with van der Waals surface area (Å²) in [6.45, 7) is 1.41. The number of ether oxygens (including phenoxy) is 1. The number of fused-ring (bicyclic) bond motifs is 1. The van der Waals surface area contributed by atoms with Crippen molar-refractivity contribution in [3.05, 3.63) is 88.0 Å². The van der Waals surface area contributed by atoms with E-state index in [1.165, 1.54) is 22.9 Å². The number of halogens is 1. The van der Waals surface area contributed by atoms with Gasteiger partial charge < -0.3 is 24.8 Å². The molecule has 41 heavy (non-hydrogen) atoms. The number of carbonyl (C=O) groups is 2. The first kappa shape index (κ1) is 29.8. The molecule has 5 rings (SSSR count). The van der Waals surface area contributed by atoms with Gasteiger partial charge in [0, 0.05) is 45.3 Å². The summed E-state index contributed by atoms with van der Waals surface area (Å²) in [4.78, 5) is 49.1. The molecule has 1 fully saturated rings. The van der Waals surface area contributed by atoms with Crippen LogP contribution in [0.15, 0.2) is 65.7 Å². The van der Waals surface area contributed by atoms with Crippen molar-refractivity contribution in [1.82, 2.24) is 19.0 Å². The molecule has 0 radical (unpaired) electrons. The SMILES string of the molecule is COc1cccc(C(=O)Cn2cnc3c(C(=O)N(C)C)c(N4CCC[C@H](N)C4)n(Cc4ccccc4)c3c2=O)c1.Cl. The van der Waals surface area contributed by atoms with Gasteiger partial charge in [0.25, 0.3) is 11.5 Å². The van der Waals surface area contributed by atoms with Crippen LogP contribution in [0, 0.1) is 0 Å². The fourth-order valence-electron chi connectivity index (χ4n) is 5.28. The van der Waals surface area contributed by atoms with Crippen LogP contribution in [0.1, 0.15) is 39.1 Å². The summed E-state index contributed by atoms with van der Waals surface area (Å²) < 4.78 is 8.43. The summed E-state index contributed by atoms with van der Waals surface area (Å²) in [7, 11) is 4.90. The lowest BCUT2D eigenvalue weighted by molar-refractivity contribution is 0.0829. The third kappa shape index (κ3) is 5.98. The van der Waals surface area contributed by atoms with Crippen LogP contribution in [0.4, 0.5) is 5.82 Å². The molecule has 0 aliphatic carbocycles. The van der Waals surface area contributed by atoms with Crippen LogP contribution in [0.2, 0.25) is 0 Å². The lowest BCUT2D eigenvalue weighted by Crippen LogP contribution is -2.44. The van der Waals surface area contributed by atoms with Crippen molar-refractivity contribution in [3.63, 3.8) is 0 Å². The minimum atomic E-state index is -0.391. The van der Waals surface area contributed by atoms with Gasteiger partial charge in [-0.15, -0.1) is 12.4 Å². The van der Waals surface area contributed by atoms with Crippen LogP contribution >= 0.6 is 12.4 Å². The molecule has 1 saturated heterocycles. The Labute approximate surface area is 244 Å². The van der Waals surface area contributed by atoms with E-state index in [4.69, 9.17) is 10.5 Å². The van der Waals surface area contributed by atoms with Gasteiger partial charge in [0.2, 0.25) is 0 Å². The van der Waals surface area contributed by atoms with Gasteiger partial charge in [-0.1, -0.05) is 42.5 Å². The third-order valence-electron chi connectivity index (χ3n) is 7.27. The van der Waals surface area contributed by atoms with Gasteiger partial charge in [0.1, 0.15) is 28.2 Å². The predicted molar refractivity (Wildman–Crippen MR) is 162 cm³/mol. The Morgan fingerprint density at radius 3 is 2.56 bits per heavy atom. The molecule has 1 amide bonds. The number of methoxy groups -OCH3 is 1. The van der Waals surface area contributed by atoms with E-state index < -0.39 is 5.56 Å². The predicted octanol–water partition coefficient (Wildman–Crippen LogP) is 3.19. The highest BCUT2D eigenvalue weighted by Gasteiger charge is 2.32. The fraction of sp³-hybridized carbons (Fsp3) is 0.333. The van der Waals surface area contributed by atoms with Gasteiger partial charge in [0.05, 0.1) is 20.0 Å². The highest BCUT2D eigenvalue weighted by atomic mass is 35.5. The second-order valence-corrected chi connectivity index (χ2v) is 10.3. The van der Waals surface area contributed by atoms with Crippen LogP contribution in [-0.2, 0) is 13.1 Å². The fourth-order valence-corrected chi connectivity index (χ4v) is 5.28. The first-order valence-corrected chi connectivity index (χ1v) is 13.3. The Balaban J connectivity index is 0.00000387. The highest BCUT2D eigenvalue weighted by molar-refractivity contribution is 6.10. The number of nitrogens with two attached hydrogens (primary N) is 1. The number of nitrogens with zero attached hydrogens (tertiary/aromatic N) is 5. The van der Waals surface area contributed by atoms with Gasteiger partial charge in [-0.3, -0.25) is 19.0 Å². The zero-order valence-electron chi connectivity index (χ0n) is 23.4. The normalized spacial score (nSPS) is 14.9. The Bertz CT molecular complexity index is 1610. The Morgan fingerprint density at radius 1 is 1.12 bits per heavy atom. The molecule has 10 nitrogen and oxygen atoms in total. The molecule has 0 spiro atoms. The van der Waals surface area contributed by atoms with Crippen LogP contribution in [0.25, 0.3) is 11.0 Å². The zero-order chi connectivity index (χ0) is 28.4. The molecule has 1 aliphatic rings. The molecule has 0 saturated carbocycles. The van der Waals surface area contributed by atoms with Gasteiger partial charge in [0.15, 0.2) is 5.78 Å². The molecular weight excluding hydrogens is 544 g/mol. The van der Waals surface area contributed by atoms with Crippen molar-refractivity contribution in [2.24, 2.45) is 5.73 Å². The summed E-state index contributed by atoms with van der Waals surface area (Å²) in [5.41, 5.74) is 8.33. The van der Waals surface area contributed by atoms with E-state index in [0.717, 1.165) is 18.4 Å². The van der Waals surface area contributed by atoms with Crippen molar-refractivity contribution in [3.8, 4) is 5.75 Å². The molecule has 2 aromatic heterocycles. The minimum Gasteiger partial charge on any atom is -0.497 e. The van der Waals surface area contributed by atoms with E-state index in [-0.39, 0.29) is 42.2 Å². The van der Waals surface area contributed by atoms with Crippen molar-refractivity contribution in [1.29, 1.82) is 0 Å². The van der Waals surface area contributed by atoms with Crippen LogP contribution in [0.5, 0.6) is 5.75 Å². The molecule has 2 N–H and O–H groups in total. The molecule has 4 aromatic rings. The largest absolute Gasteiger partial charge is 0.497 e. The number of Topliss-reactive ketones (excluding diaryl/α,β-unsaturated/α-hetero) is 1. The molecule has 3 heterocycles. The lowest BCUT2D eigenvalue weighted by atomic mass is 10.1. The van der Waals surface area contributed by atoms with Gasteiger partial charge in [-0.2, -0.15) is 0 Å². The number of anilines is 1. The molecule has 0 unspecified atom stereocenters. The van der Waals surface area contributed by atoms with E-state index >= 15 is 0 Å². The summed E-state index contributed by atoms with van der Waals surface area (Å²) in [5, 5.41) is 0. The second kappa shape index (κ2) is 12.6. The topological polar surface area (TPSA) is 116 Å². The number of amides is 1. The van der Waals surface area contributed by atoms with E-state index in [2.05, 4.69) is 9.88 Å². The molecule has 216 valence electrons. The van der Waals surface area contributed by atoms with Crippen LogP contribution in [-0.4, -0.2) is 71.0 Å². The second-order valence-electron chi connectivity index (χ2n) is 10.3. The first-order chi connectivity index (χ1) is 19.3. The Morgan fingerprint density at radius 2 is 1.88 bits per heavy atom. The lowest BCUT2D eigenvalue weighted by Gasteiger charge is -2.34. The molecule has 1 aliphatic heterocycles. The van der Waals surface area contributed by atoms with Crippen molar-refractivity contribution < 1.29 is 14.3 Å². The average Bonchev–Trinajstić information content (AvgIpc) is 3.28. The summed E-state index contributed by atoms with van der Waals surface area (Å²) in [5.74, 6) is 0.687. The standard InChI is InChI=1S/C30H34N6O4.ClH/c1-33(2)29(38)25-26-27(30(39)35(19-32-26)18-24(37)21-11-7-13-23(15-21)40-3)36(16-20-9-5-4-6-10-20)28(25)34-14-8-12-22(31)17-34;/h4-7,9-11,13,15,19,22H,8,12,14,16-18,31H2,1-3H3;1H/t22-;/m0./s1. The van der Waals surface area contributed by atoms with Crippen LogP contribution in [0.3, 0.4) is 0 Å². The summed E-state index contributed by atoms with van der Waals surface area (Å²) in [6, 6.07) is 16.5. The number of rotatable bonds is 8. The number of benzene rings is 2. The van der Waals surface area contributed by atoms with E-state index in [1.54, 1.807) is 38.4 Å². The highest BCUT2D eigenvalue weighted by Crippen LogP contribution is 2.33. The maximum Gasteiger partial charge on any atom is 0.278 e. The third-order valence-corrected chi connectivity index (χ3v) is 7.27. The minimum absolute atomic E-state index is 0. The van der Waals surface area contributed by atoms with Gasteiger partial charge in [-0.25, -0.2) is 4.98 Å². The smallest absolute Gasteiger partial charge is 0.278 e. The van der Waals surface area contributed by atoms with E-state index in [1.807, 2.05) is 34.9 Å². The maximum absolute atomic E-state index is 14.1. The zero-order valence-corrected chi connectivity index (χ0v) is 24.3. The Hall–Kier alpha value is -4.15. The van der Waals surface area contributed by atoms with Crippen LogP contribution < -0.4 is 20.9 Å². The first-order valence-electron chi connectivity index (χ1n) is 13.3. The summed E-state index contributed by atoms with van der Waals surface area (Å²) >= 11 is 0. The van der Waals surface area contributed by atoms with Gasteiger partial charge in [-0.05, 0) is 30.5 Å². The number of hydrogen-bond acceptors (Lipinski definition) is 7. The number of piperidine rings is 1. The molecule has 1 atom stereocenters. The van der Waals surface area contributed by atoms with E-state index in [9.17, 15) is 14.4 Å². The van der Waals surface area contributed by atoms with Crippen molar-refractivity contribution in [2.45, 2.75) is 32.0 Å². The van der Waals surface area contributed by atoms with Crippen molar-refractivity contribution >= 4 is 40.9 Å². The Kier molecular flexibility index (Phi) is 9.14. The number of hydrogen-bond donors (Lipinski definition) is 1. The molecule has 0 bridgehead atoms. The molecule has 11 heteroatoms. The monoisotopic (exact) mass is 578 g/mol. The number of ketones is 1. The number of carbonyl (C=O) groups excluding carboxylic acids is 2. The van der Waals surface area contributed by atoms with E-state index in [0.29, 0.717) is 47.8 Å².